The first-order valence-corrected chi connectivity index (χ1v) is 16.8. The SMILES string of the molecule is CC.CC.CC.CC.CC.CC.Cc1ccno1.Cc1ccon1.Cc1cnc[nH]1.Cc1cnc[nH]1.Cc1cnoc1.Cc1ncc[nH]1. The second-order valence-corrected chi connectivity index (χ2v) is 7.11. The molecular weight excluding hydrogens is 606 g/mol. The summed E-state index contributed by atoms with van der Waals surface area (Å²) in [5.74, 6) is 1.82. The van der Waals surface area contributed by atoms with Gasteiger partial charge in [0.05, 0.1) is 30.7 Å². The van der Waals surface area contributed by atoms with E-state index < -0.39 is 0 Å². The minimum absolute atomic E-state index is 0.856. The highest BCUT2D eigenvalue weighted by atomic mass is 16.5. The van der Waals surface area contributed by atoms with Crippen LogP contribution in [0.25, 0.3) is 0 Å². The first-order chi connectivity index (χ1) is 23.4. The van der Waals surface area contributed by atoms with E-state index >= 15 is 0 Å². The van der Waals surface area contributed by atoms with E-state index in [1.165, 1.54) is 0 Å². The molecule has 0 spiro atoms. The van der Waals surface area contributed by atoms with E-state index in [-0.39, 0.29) is 0 Å². The zero-order chi connectivity index (χ0) is 38.4. The molecule has 0 unspecified atom stereocenters. The molecule has 12 nitrogen and oxygen atoms in total. The lowest BCUT2D eigenvalue weighted by atomic mass is 10.4. The number of hydrogen-bond donors (Lipinski definition) is 3. The molecule has 0 amide bonds. The molecule has 6 aromatic rings. The second-order valence-electron chi connectivity index (χ2n) is 7.11. The summed E-state index contributed by atoms with van der Waals surface area (Å²) < 4.78 is 13.5. The molecule has 0 atom stereocenters. The van der Waals surface area contributed by atoms with E-state index in [0.29, 0.717) is 0 Å². The van der Waals surface area contributed by atoms with Crippen molar-refractivity contribution < 1.29 is 13.6 Å². The van der Waals surface area contributed by atoms with Gasteiger partial charge in [-0.15, -0.1) is 0 Å². The van der Waals surface area contributed by atoms with Gasteiger partial charge in [0, 0.05) is 53.9 Å². The fraction of sp³-hybridized carbons (Fsp3) is 0.500. The van der Waals surface area contributed by atoms with Gasteiger partial charge in [-0.3, -0.25) is 0 Å². The van der Waals surface area contributed by atoms with Gasteiger partial charge in [-0.2, -0.15) is 0 Å². The fourth-order valence-electron chi connectivity index (χ4n) is 1.80. The summed E-state index contributed by atoms with van der Waals surface area (Å²) in [6.07, 6.45) is 16.8. The molecule has 276 valence electrons. The molecule has 48 heavy (non-hydrogen) atoms. The Kier molecular flexibility index (Phi) is 60.1. The zero-order valence-electron chi connectivity index (χ0n) is 33.3. The van der Waals surface area contributed by atoms with Crippen LogP contribution in [0.1, 0.15) is 117 Å². The maximum absolute atomic E-state index is 4.58. The van der Waals surface area contributed by atoms with Crippen LogP contribution in [-0.2, 0) is 0 Å². The summed E-state index contributed by atoms with van der Waals surface area (Å²) in [6, 6.07) is 3.61. The number of hydrogen-bond acceptors (Lipinski definition) is 9. The van der Waals surface area contributed by atoms with Crippen LogP contribution in [0.15, 0.2) is 88.1 Å². The van der Waals surface area contributed by atoms with Gasteiger partial charge < -0.3 is 28.5 Å². The highest BCUT2D eigenvalue weighted by molar-refractivity contribution is 4.94. The number of imidazole rings is 3. The topological polar surface area (TPSA) is 164 Å². The standard InChI is InChI=1S/3C4H6N2.3C4H5NO.6C2H6/c2*1-4-2-5-3-6-4;1-4-5-2-3-6-4;1-4-2-5-6-3-4;1-4-2-3-6-5-4;1-4-2-3-5-6-4;6*1-2/h3*2-3H,1H3,(H,5,6);3*2-3H,1H3;6*1-2H3. The molecule has 0 aliphatic heterocycles. The lowest BCUT2D eigenvalue weighted by Gasteiger charge is -1.68. The van der Waals surface area contributed by atoms with E-state index in [4.69, 9.17) is 0 Å². The van der Waals surface area contributed by atoms with E-state index in [1.54, 1.807) is 74.5 Å². The Labute approximate surface area is 292 Å². The van der Waals surface area contributed by atoms with Crippen LogP contribution in [-0.4, -0.2) is 45.4 Å². The van der Waals surface area contributed by atoms with Gasteiger partial charge in [0.15, 0.2) is 0 Å². The summed E-state index contributed by atoms with van der Waals surface area (Å²) in [6.45, 7) is 35.5. The summed E-state index contributed by atoms with van der Waals surface area (Å²) in [7, 11) is 0. The third-order valence-electron chi connectivity index (χ3n) is 3.59. The van der Waals surface area contributed by atoms with E-state index in [1.807, 2.05) is 125 Å². The largest absolute Gasteiger partial charge is 0.365 e. The lowest BCUT2D eigenvalue weighted by molar-refractivity contribution is 0.397. The molecule has 0 fully saturated rings. The molecular formula is C36H69N9O3. The fourth-order valence-corrected chi connectivity index (χ4v) is 1.80. The molecule has 3 N–H and O–H groups in total. The van der Waals surface area contributed by atoms with E-state index in [0.717, 1.165) is 34.2 Å². The predicted octanol–water partition coefficient (Wildman–Crippen LogP) is 11.3. The number of aromatic nitrogens is 9. The molecule has 12 heteroatoms. The van der Waals surface area contributed by atoms with Gasteiger partial charge in [0.2, 0.25) is 0 Å². The van der Waals surface area contributed by atoms with Crippen molar-refractivity contribution in [3.05, 3.63) is 109 Å². The minimum Gasteiger partial charge on any atom is -0.365 e. The molecule has 6 rings (SSSR count). The van der Waals surface area contributed by atoms with Crippen molar-refractivity contribution in [1.29, 1.82) is 0 Å². The average Bonchev–Trinajstić information content (AvgIpc) is 3.99. The summed E-state index contributed by atoms with van der Waals surface area (Å²) in [4.78, 5) is 20.1. The third kappa shape index (κ3) is 48.2. The van der Waals surface area contributed by atoms with Crippen molar-refractivity contribution in [2.75, 3.05) is 0 Å². The Morgan fingerprint density at radius 3 is 1.19 bits per heavy atom. The lowest BCUT2D eigenvalue weighted by Crippen LogP contribution is -1.66. The molecule has 0 aromatic carbocycles. The van der Waals surface area contributed by atoms with Crippen LogP contribution in [0.4, 0.5) is 0 Å². The molecule has 6 aromatic heterocycles. The Bertz CT molecular complexity index is 920. The first-order valence-electron chi connectivity index (χ1n) is 16.8. The first kappa shape index (κ1) is 55.6. The Hall–Kier alpha value is -4.74. The van der Waals surface area contributed by atoms with Crippen molar-refractivity contribution in [2.24, 2.45) is 0 Å². The van der Waals surface area contributed by atoms with Crippen LogP contribution in [0.5, 0.6) is 0 Å². The number of nitrogens with one attached hydrogen (secondary N) is 3. The maximum Gasteiger partial charge on any atom is 0.133 e. The van der Waals surface area contributed by atoms with Gasteiger partial charge in [-0.05, 0) is 41.5 Å². The molecule has 0 radical (unpaired) electrons. The Balaban J connectivity index is -0.000000104. The van der Waals surface area contributed by atoms with Crippen LogP contribution in [0.3, 0.4) is 0 Å². The number of aromatic amines is 3. The number of rotatable bonds is 0. The van der Waals surface area contributed by atoms with Crippen molar-refractivity contribution in [3.8, 4) is 0 Å². The van der Waals surface area contributed by atoms with Gasteiger partial charge in [-0.1, -0.05) is 98.6 Å². The van der Waals surface area contributed by atoms with Gasteiger partial charge in [-0.25, -0.2) is 15.0 Å². The quantitative estimate of drug-likeness (QED) is 0.142. The van der Waals surface area contributed by atoms with Gasteiger partial charge >= 0.3 is 0 Å². The summed E-state index contributed by atoms with van der Waals surface area (Å²) in [5.41, 5.74) is 4.20. The molecule has 0 aliphatic carbocycles. The van der Waals surface area contributed by atoms with Crippen LogP contribution in [0.2, 0.25) is 0 Å². The van der Waals surface area contributed by atoms with E-state index in [9.17, 15) is 0 Å². The highest BCUT2D eigenvalue weighted by Crippen LogP contribution is 1.89. The molecule has 6 heterocycles. The molecule has 0 aliphatic rings. The average molecular weight is 676 g/mol. The maximum atomic E-state index is 4.58. The summed E-state index contributed by atoms with van der Waals surface area (Å²) >= 11 is 0. The van der Waals surface area contributed by atoms with Gasteiger partial charge in [0.25, 0.3) is 0 Å². The highest BCUT2D eigenvalue weighted by Gasteiger charge is 1.79. The number of aryl methyl sites for hydroxylation is 6. The smallest absolute Gasteiger partial charge is 0.133 e. The Morgan fingerprint density at radius 1 is 0.562 bits per heavy atom. The predicted molar refractivity (Wildman–Crippen MR) is 202 cm³/mol. The normalized spacial score (nSPS) is 7.38. The van der Waals surface area contributed by atoms with Crippen molar-refractivity contribution in [1.82, 2.24) is 45.4 Å². The van der Waals surface area contributed by atoms with Crippen LogP contribution in [0, 0.1) is 41.5 Å². The second kappa shape index (κ2) is 51.8. The Morgan fingerprint density at radius 2 is 1.08 bits per heavy atom. The van der Waals surface area contributed by atoms with Crippen molar-refractivity contribution in [3.63, 3.8) is 0 Å². The van der Waals surface area contributed by atoms with Crippen molar-refractivity contribution in [2.45, 2.75) is 125 Å². The van der Waals surface area contributed by atoms with Gasteiger partial charge in [0.1, 0.15) is 24.1 Å². The molecule has 0 saturated carbocycles. The number of nitrogens with zero attached hydrogens (tertiary/aromatic N) is 6. The van der Waals surface area contributed by atoms with Crippen LogP contribution >= 0.6 is 0 Å². The molecule has 0 bridgehead atoms. The zero-order valence-corrected chi connectivity index (χ0v) is 33.3. The monoisotopic (exact) mass is 676 g/mol. The number of H-pyrrole nitrogens is 3. The summed E-state index contributed by atoms with van der Waals surface area (Å²) in [5, 5.41) is 10.4. The van der Waals surface area contributed by atoms with Crippen molar-refractivity contribution >= 4 is 0 Å². The van der Waals surface area contributed by atoms with Crippen LogP contribution < -0.4 is 0 Å². The minimum atomic E-state index is 0.856. The van der Waals surface area contributed by atoms with E-state index in [2.05, 4.69) is 58.9 Å². The third-order valence-corrected chi connectivity index (χ3v) is 3.59. The molecule has 0 saturated heterocycles.